The summed E-state index contributed by atoms with van der Waals surface area (Å²) in [5.74, 6) is 0. The second kappa shape index (κ2) is 6.50. The standard InChI is InChI=1S/C15H21N3O/c1-11-15(12(2)18-17-11)9-16-8-13-4-6-14(7-5-13)10-19-3/h4-7,16H,8-10H2,1-3H3,(H,17,18). The molecule has 0 aliphatic rings. The molecule has 0 unspecified atom stereocenters. The van der Waals surface area contributed by atoms with Crippen molar-refractivity contribution in [1.29, 1.82) is 0 Å². The number of nitrogens with zero attached hydrogens (tertiary/aromatic N) is 1. The fourth-order valence-electron chi connectivity index (χ4n) is 2.09. The van der Waals surface area contributed by atoms with Crippen LogP contribution in [-0.2, 0) is 24.4 Å². The van der Waals surface area contributed by atoms with Gasteiger partial charge in [0.15, 0.2) is 0 Å². The summed E-state index contributed by atoms with van der Waals surface area (Å²) in [6.07, 6.45) is 0. The number of benzene rings is 1. The Balaban J connectivity index is 1.85. The molecule has 0 atom stereocenters. The van der Waals surface area contributed by atoms with E-state index in [9.17, 15) is 0 Å². The van der Waals surface area contributed by atoms with Crippen molar-refractivity contribution in [3.8, 4) is 0 Å². The van der Waals surface area contributed by atoms with Gasteiger partial charge in [-0.1, -0.05) is 24.3 Å². The van der Waals surface area contributed by atoms with Gasteiger partial charge in [-0.25, -0.2) is 0 Å². The van der Waals surface area contributed by atoms with Gasteiger partial charge < -0.3 is 10.1 Å². The van der Waals surface area contributed by atoms with Gasteiger partial charge in [-0.05, 0) is 25.0 Å². The third kappa shape index (κ3) is 3.66. The average molecular weight is 259 g/mol. The first-order chi connectivity index (χ1) is 9.20. The van der Waals surface area contributed by atoms with Gasteiger partial charge in [-0.3, -0.25) is 5.10 Å². The third-order valence-electron chi connectivity index (χ3n) is 3.25. The minimum Gasteiger partial charge on any atom is -0.380 e. The zero-order valence-corrected chi connectivity index (χ0v) is 11.8. The van der Waals surface area contributed by atoms with Gasteiger partial charge in [0.2, 0.25) is 0 Å². The molecule has 0 aliphatic carbocycles. The molecule has 0 amide bonds. The maximum Gasteiger partial charge on any atom is 0.0713 e. The van der Waals surface area contributed by atoms with Crippen LogP contribution >= 0.6 is 0 Å². The lowest BCUT2D eigenvalue weighted by Gasteiger charge is -2.06. The van der Waals surface area contributed by atoms with Crippen LogP contribution in [0.3, 0.4) is 0 Å². The number of aromatic amines is 1. The quantitative estimate of drug-likeness (QED) is 0.838. The predicted molar refractivity (Wildman–Crippen MR) is 75.8 cm³/mol. The van der Waals surface area contributed by atoms with E-state index in [0.29, 0.717) is 6.61 Å². The highest BCUT2D eigenvalue weighted by atomic mass is 16.5. The number of rotatable bonds is 6. The number of methoxy groups -OCH3 is 1. The molecular weight excluding hydrogens is 238 g/mol. The highest BCUT2D eigenvalue weighted by Crippen LogP contribution is 2.09. The molecular formula is C15H21N3O. The Kier molecular flexibility index (Phi) is 4.71. The van der Waals surface area contributed by atoms with Crippen LogP contribution in [0.1, 0.15) is 28.1 Å². The van der Waals surface area contributed by atoms with Crippen molar-refractivity contribution >= 4 is 0 Å². The van der Waals surface area contributed by atoms with Crippen molar-refractivity contribution in [1.82, 2.24) is 15.5 Å². The van der Waals surface area contributed by atoms with Crippen LogP contribution in [0.2, 0.25) is 0 Å². The Morgan fingerprint density at radius 2 is 1.79 bits per heavy atom. The topological polar surface area (TPSA) is 49.9 Å². The molecule has 0 fully saturated rings. The van der Waals surface area contributed by atoms with E-state index >= 15 is 0 Å². The molecule has 2 rings (SSSR count). The van der Waals surface area contributed by atoms with E-state index in [2.05, 4.69) is 46.7 Å². The Bertz CT molecular complexity index is 497. The second-order valence-electron chi connectivity index (χ2n) is 4.77. The molecule has 0 saturated heterocycles. The van der Waals surface area contributed by atoms with Crippen molar-refractivity contribution in [3.05, 3.63) is 52.3 Å². The van der Waals surface area contributed by atoms with Crippen molar-refractivity contribution in [3.63, 3.8) is 0 Å². The van der Waals surface area contributed by atoms with Gasteiger partial charge in [0.05, 0.1) is 12.3 Å². The van der Waals surface area contributed by atoms with Crippen LogP contribution in [0, 0.1) is 13.8 Å². The fourth-order valence-corrected chi connectivity index (χ4v) is 2.09. The van der Waals surface area contributed by atoms with Gasteiger partial charge in [0, 0.05) is 31.5 Å². The number of H-pyrrole nitrogens is 1. The van der Waals surface area contributed by atoms with Crippen LogP contribution in [0.4, 0.5) is 0 Å². The summed E-state index contributed by atoms with van der Waals surface area (Å²) in [5.41, 5.74) is 5.95. The molecule has 0 aliphatic heterocycles. The summed E-state index contributed by atoms with van der Waals surface area (Å²) in [6, 6.07) is 8.48. The summed E-state index contributed by atoms with van der Waals surface area (Å²) in [7, 11) is 1.71. The minimum atomic E-state index is 0.668. The number of aryl methyl sites for hydroxylation is 2. The molecule has 0 saturated carbocycles. The predicted octanol–water partition coefficient (Wildman–Crippen LogP) is 2.46. The monoisotopic (exact) mass is 259 g/mol. The summed E-state index contributed by atoms with van der Waals surface area (Å²) in [6.45, 7) is 6.45. The normalized spacial score (nSPS) is 10.9. The molecule has 0 bridgehead atoms. The summed E-state index contributed by atoms with van der Waals surface area (Å²) < 4.78 is 5.10. The molecule has 19 heavy (non-hydrogen) atoms. The smallest absolute Gasteiger partial charge is 0.0713 e. The van der Waals surface area contributed by atoms with Crippen LogP contribution < -0.4 is 5.32 Å². The molecule has 102 valence electrons. The van der Waals surface area contributed by atoms with E-state index in [1.807, 2.05) is 6.92 Å². The molecule has 1 aromatic heterocycles. The van der Waals surface area contributed by atoms with E-state index in [1.165, 1.54) is 16.7 Å². The highest BCUT2D eigenvalue weighted by molar-refractivity contribution is 5.24. The summed E-state index contributed by atoms with van der Waals surface area (Å²) >= 11 is 0. The molecule has 4 heteroatoms. The van der Waals surface area contributed by atoms with Crippen LogP contribution in [0.25, 0.3) is 0 Å². The lowest BCUT2D eigenvalue weighted by atomic mass is 10.1. The average Bonchev–Trinajstić information content (AvgIpc) is 2.73. The highest BCUT2D eigenvalue weighted by Gasteiger charge is 2.05. The van der Waals surface area contributed by atoms with Gasteiger partial charge in [0.1, 0.15) is 0 Å². The van der Waals surface area contributed by atoms with Gasteiger partial charge in [0.25, 0.3) is 0 Å². The van der Waals surface area contributed by atoms with Crippen LogP contribution in [-0.4, -0.2) is 17.3 Å². The van der Waals surface area contributed by atoms with Crippen molar-refractivity contribution in [2.24, 2.45) is 0 Å². The number of aromatic nitrogens is 2. The SMILES string of the molecule is COCc1ccc(CNCc2c(C)n[nH]c2C)cc1. The lowest BCUT2D eigenvalue weighted by Crippen LogP contribution is -2.13. The first-order valence-electron chi connectivity index (χ1n) is 6.48. The van der Waals surface area contributed by atoms with Gasteiger partial charge >= 0.3 is 0 Å². The number of ether oxygens (including phenoxy) is 1. The number of hydrogen-bond donors (Lipinski definition) is 2. The van der Waals surface area contributed by atoms with Crippen LogP contribution in [0.15, 0.2) is 24.3 Å². The van der Waals surface area contributed by atoms with Crippen molar-refractivity contribution < 1.29 is 4.74 Å². The Hall–Kier alpha value is -1.65. The lowest BCUT2D eigenvalue weighted by molar-refractivity contribution is 0.185. The minimum absolute atomic E-state index is 0.668. The maximum absolute atomic E-state index is 5.10. The Morgan fingerprint density at radius 3 is 2.37 bits per heavy atom. The maximum atomic E-state index is 5.10. The van der Waals surface area contributed by atoms with Gasteiger partial charge in [-0.2, -0.15) is 5.10 Å². The molecule has 2 aromatic rings. The molecule has 0 radical (unpaired) electrons. The number of nitrogens with one attached hydrogen (secondary N) is 2. The van der Waals surface area contributed by atoms with E-state index in [0.717, 1.165) is 24.5 Å². The summed E-state index contributed by atoms with van der Waals surface area (Å²) in [5, 5.41) is 10.6. The second-order valence-corrected chi connectivity index (χ2v) is 4.77. The molecule has 0 spiro atoms. The van der Waals surface area contributed by atoms with E-state index in [1.54, 1.807) is 7.11 Å². The molecule has 1 heterocycles. The van der Waals surface area contributed by atoms with Crippen LogP contribution in [0.5, 0.6) is 0 Å². The first-order valence-corrected chi connectivity index (χ1v) is 6.48. The molecule has 2 N–H and O–H groups in total. The Labute approximate surface area is 114 Å². The first kappa shape index (κ1) is 13.8. The van der Waals surface area contributed by atoms with E-state index in [-0.39, 0.29) is 0 Å². The van der Waals surface area contributed by atoms with E-state index in [4.69, 9.17) is 4.74 Å². The Morgan fingerprint density at radius 1 is 1.11 bits per heavy atom. The fraction of sp³-hybridized carbons (Fsp3) is 0.400. The molecule has 4 nitrogen and oxygen atoms in total. The van der Waals surface area contributed by atoms with Crippen molar-refractivity contribution in [2.75, 3.05) is 7.11 Å². The zero-order chi connectivity index (χ0) is 13.7. The third-order valence-corrected chi connectivity index (χ3v) is 3.25. The van der Waals surface area contributed by atoms with Crippen molar-refractivity contribution in [2.45, 2.75) is 33.5 Å². The largest absolute Gasteiger partial charge is 0.380 e. The number of hydrogen-bond acceptors (Lipinski definition) is 3. The zero-order valence-electron chi connectivity index (χ0n) is 11.8. The summed E-state index contributed by atoms with van der Waals surface area (Å²) in [4.78, 5) is 0. The molecule has 1 aromatic carbocycles. The van der Waals surface area contributed by atoms with E-state index < -0.39 is 0 Å². The van der Waals surface area contributed by atoms with Gasteiger partial charge in [-0.15, -0.1) is 0 Å².